The monoisotopic (exact) mass is 470 g/mol. The molecule has 7 heteroatoms. The molecule has 0 spiro atoms. The number of hydrogen-bond acceptors (Lipinski definition) is 6. The highest BCUT2D eigenvalue weighted by atomic mass is 16.6. The first-order valence-corrected chi connectivity index (χ1v) is 12.3. The number of rotatable bonds is 5. The van der Waals surface area contributed by atoms with Gasteiger partial charge in [-0.25, -0.2) is 4.68 Å². The number of fused-ring (bicyclic) bond motifs is 1. The lowest BCUT2D eigenvalue weighted by molar-refractivity contribution is 0.171. The van der Waals surface area contributed by atoms with Crippen LogP contribution in [0.2, 0.25) is 0 Å². The van der Waals surface area contributed by atoms with Crippen molar-refractivity contribution < 1.29 is 13.9 Å². The second kappa shape index (κ2) is 9.60. The number of nitrogens with zero attached hydrogens (tertiary/aromatic N) is 4. The Bertz CT molecular complexity index is 1280. The average molecular weight is 471 g/mol. The molecule has 0 amide bonds. The van der Waals surface area contributed by atoms with Crippen molar-refractivity contribution in [3.8, 4) is 39.8 Å². The van der Waals surface area contributed by atoms with Gasteiger partial charge in [0.25, 0.3) is 0 Å². The van der Waals surface area contributed by atoms with Crippen LogP contribution >= 0.6 is 0 Å². The molecule has 0 saturated carbocycles. The first-order valence-electron chi connectivity index (χ1n) is 12.3. The van der Waals surface area contributed by atoms with Crippen LogP contribution in [0.15, 0.2) is 71.5 Å². The van der Waals surface area contributed by atoms with Crippen LogP contribution in [-0.4, -0.2) is 66.0 Å². The van der Waals surface area contributed by atoms with E-state index < -0.39 is 0 Å². The van der Waals surface area contributed by atoms with Crippen LogP contribution < -0.4 is 9.47 Å². The maximum atomic E-state index is 5.75. The number of ether oxygens (including phenoxy) is 2. The summed E-state index contributed by atoms with van der Waals surface area (Å²) in [5.74, 6) is 2.41. The van der Waals surface area contributed by atoms with Gasteiger partial charge in [-0.1, -0.05) is 18.2 Å². The van der Waals surface area contributed by atoms with Crippen molar-refractivity contribution in [1.29, 1.82) is 0 Å². The molecule has 0 atom stereocenters. The van der Waals surface area contributed by atoms with Crippen LogP contribution in [0.25, 0.3) is 28.3 Å². The molecule has 2 aromatic heterocycles. The zero-order valence-corrected chi connectivity index (χ0v) is 20.0. The van der Waals surface area contributed by atoms with Gasteiger partial charge in [0.05, 0.1) is 12.0 Å². The zero-order chi connectivity index (χ0) is 23.6. The van der Waals surface area contributed by atoms with Crippen molar-refractivity contribution in [1.82, 2.24) is 19.6 Å². The van der Waals surface area contributed by atoms with E-state index in [0.29, 0.717) is 13.2 Å². The van der Waals surface area contributed by atoms with E-state index in [9.17, 15) is 0 Å². The molecule has 2 aromatic carbocycles. The average Bonchev–Trinajstić information content (AvgIpc) is 3.52. The van der Waals surface area contributed by atoms with Crippen LogP contribution in [0.1, 0.15) is 12.0 Å². The van der Waals surface area contributed by atoms with E-state index in [1.54, 1.807) is 6.26 Å². The standard InChI is InChI=1S/C28H30N4O3/c1-30-11-3-12-31(14-13-30)19-23-20-32(29-28(23)26-4-2-15-33-26)24-8-5-21(6-9-24)22-7-10-25-27(18-22)35-17-16-34-25/h2,4-10,15,18,20H,3,11-14,16-17,19H2,1H3. The first-order chi connectivity index (χ1) is 17.2. The van der Waals surface area contributed by atoms with Crippen LogP contribution in [0, 0.1) is 0 Å². The van der Waals surface area contributed by atoms with Crippen LogP contribution in [0.4, 0.5) is 0 Å². The molecule has 35 heavy (non-hydrogen) atoms. The number of aromatic nitrogens is 2. The molecule has 0 N–H and O–H groups in total. The summed E-state index contributed by atoms with van der Waals surface area (Å²) in [6.45, 7) is 6.44. The van der Waals surface area contributed by atoms with Gasteiger partial charge in [-0.3, -0.25) is 4.90 Å². The van der Waals surface area contributed by atoms with Gasteiger partial charge in [0.1, 0.15) is 18.9 Å². The predicted molar refractivity (Wildman–Crippen MR) is 135 cm³/mol. The summed E-state index contributed by atoms with van der Waals surface area (Å²) in [4.78, 5) is 4.92. The molecule has 1 saturated heterocycles. The molecular formula is C28H30N4O3. The van der Waals surface area contributed by atoms with Gasteiger partial charge in [-0.2, -0.15) is 5.10 Å². The number of benzene rings is 2. The van der Waals surface area contributed by atoms with Gasteiger partial charge in [0.2, 0.25) is 0 Å². The Labute approximate surface area is 205 Å². The van der Waals surface area contributed by atoms with Crippen molar-refractivity contribution in [2.75, 3.05) is 46.4 Å². The molecule has 0 unspecified atom stereocenters. The summed E-state index contributed by atoms with van der Waals surface area (Å²) in [6.07, 6.45) is 5.04. The van der Waals surface area contributed by atoms with Crippen molar-refractivity contribution in [3.05, 3.63) is 72.6 Å². The van der Waals surface area contributed by atoms with E-state index in [0.717, 1.165) is 72.5 Å². The zero-order valence-electron chi connectivity index (χ0n) is 20.0. The minimum atomic E-state index is 0.586. The van der Waals surface area contributed by atoms with Crippen molar-refractivity contribution in [3.63, 3.8) is 0 Å². The molecule has 7 nitrogen and oxygen atoms in total. The maximum Gasteiger partial charge on any atom is 0.161 e. The van der Waals surface area contributed by atoms with Crippen molar-refractivity contribution >= 4 is 0 Å². The summed E-state index contributed by atoms with van der Waals surface area (Å²) in [6, 6.07) is 18.5. The number of likely N-dealkylation sites (N-methyl/N-ethyl adjacent to an activating group) is 1. The van der Waals surface area contributed by atoms with Gasteiger partial charge >= 0.3 is 0 Å². The Morgan fingerprint density at radius 3 is 2.51 bits per heavy atom. The van der Waals surface area contributed by atoms with E-state index in [4.69, 9.17) is 19.0 Å². The highest BCUT2D eigenvalue weighted by Crippen LogP contribution is 2.35. The lowest BCUT2D eigenvalue weighted by atomic mass is 10.0. The lowest BCUT2D eigenvalue weighted by Gasteiger charge is -2.19. The molecule has 6 rings (SSSR count). The fourth-order valence-electron chi connectivity index (χ4n) is 4.81. The lowest BCUT2D eigenvalue weighted by Crippen LogP contribution is -2.28. The molecule has 4 aromatic rings. The van der Waals surface area contributed by atoms with Gasteiger partial charge < -0.3 is 18.8 Å². The van der Waals surface area contributed by atoms with Crippen LogP contribution in [-0.2, 0) is 6.54 Å². The van der Waals surface area contributed by atoms with Gasteiger partial charge in [-0.15, -0.1) is 0 Å². The Hall–Kier alpha value is -3.55. The molecule has 2 aliphatic rings. The van der Waals surface area contributed by atoms with Crippen LogP contribution in [0.3, 0.4) is 0 Å². The molecule has 1 fully saturated rings. The van der Waals surface area contributed by atoms with E-state index in [1.807, 2.05) is 28.9 Å². The van der Waals surface area contributed by atoms with E-state index in [2.05, 4.69) is 53.4 Å². The third kappa shape index (κ3) is 4.70. The molecule has 0 radical (unpaired) electrons. The van der Waals surface area contributed by atoms with Gasteiger partial charge in [0, 0.05) is 31.4 Å². The molecule has 0 aliphatic carbocycles. The van der Waals surface area contributed by atoms with Crippen LogP contribution in [0.5, 0.6) is 11.5 Å². The summed E-state index contributed by atoms with van der Waals surface area (Å²) in [5, 5.41) is 4.94. The largest absolute Gasteiger partial charge is 0.486 e. The summed E-state index contributed by atoms with van der Waals surface area (Å²) >= 11 is 0. The third-order valence-electron chi connectivity index (χ3n) is 6.76. The normalized spacial score (nSPS) is 16.8. The third-order valence-corrected chi connectivity index (χ3v) is 6.76. The second-order valence-electron chi connectivity index (χ2n) is 9.26. The molecule has 180 valence electrons. The Morgan fingerprint density at radius 1 is 0.857 bits per heavy atom. The fraction of sp³-hybridized carbons (Fsp3) is 0.321. The smallest absolute Gasteiger partial charge is 0.161 e. The highest BCUT2D eigenvalue weighted by Gasteiger charge is 2.19. The first kappa shape index (κ1) is 21.9. The second-order valence-corrected chi connectivity index (χ2v) is 9.26. The van der Waals surface area contributed by atoms with Crippen molar-refractivity contribution in [2.45, 2.75) is 13.0 Å². The maximum absolute atomic E-state index is 5.75. The number of furan rings is 1. The quantitative estimate of drug-likeness (QED) is 0.421. The summed E-state index contributed by atoms with van der Waals surface area (Å²) in [5.41, 5.74) is 5.33. The van der Waals surface area contributed by atoms with E-state index >= 15 is 0 Å². The Morgan fingerprint density at radius 2 is 1.69 bits per heavy atom. The topological polar surface area (TPSA) is 55.9 Å². The predicted octanol–water partition coefficient (Wildman–Crippen LogP) is 4.71. The minimum Gasteiger partial charge on any atom is -0.486 e. The van der Waals surface area contributed by atoms with Crippen molar-refractivity contribution in [2.24, 2.45) is 0 Å². The van der Waals surface area contributed by atoms with Gasteiger partial charge in [-0.05, 0) is 74.1 Å². The number of hydrogen-bond donors (Lipinski definition) is 0. The van der Waals surface area contributed by atoms with E-state index in [1.165, 1.54) is 12.0 Å². The molecular weight excluding hydrogens is 440 g/mol. The Kier molecular flexibility index (Phi) is 6.02. The van der Waals surface area contributed by atoms with E-state index in [-0.39, 0.29) is 0 Å². The molecule has 2 aliphatic heterocycles. The fourth-order valence-corrected chi connectivity index (χ4v) is 4.81. The van der Waals surface area contributed by atoms with Gasteiger partial charge in [0.15, 0.2) is 17.3 Å². The molecule has 4 heterocycles. The highest BCUT2D eigenvalue weighted by molar-refractivity contribution is 5.68. The summed E-state index contributed by atoms with van der Waals surface area (Å²) < 4.78 is 19.1. The molecule has 0 bridgehead atoms. The Balaban J connectivity index is 1.27. The minimum absolute atomic E-state index is 0.586. The SMILES string of the molecule is CN1CCCN(Cc2cn(-c3ccc(-c4ccc5c(c4)OCCO5)cc3)nc2-c2ccco2)CC1. The summed E-state index contributed by atoms with van der Waals surface area (Å²) in [7, 11) is 2.20.